The van der Waals surface area contributed by atoms with Crippen LogP contribution in [0.15, 0.2) is 35.8 Å². The predicted octanol–water partition coefficient (Wildman–Crippen LogP) is 3.85. The van der Waals surface area contributed by atoms with Crippen LogP contribution in [0.3, 0.4) is 0 Å². The number of hydrogen-bond acceptors (Lipinski definition) is 3. The average Bonchev–Trinajstić information content (AvgIpc) is 2.78. The number of aromatic nitrogens is 1. The minimum absolute atomic E-state index is 0.680. The maximum absolute atomic E-state index is 5.66. The van der Waals surface area contributed by atoms with Crippen LogP contribution >= 0.6 is 11.3 Å². The van der Waals surface area contributed by atoms with Crippen molar-refractivity contribution < 1.29 is 4.74 Å². The molecule has 0 atom stereocenters. The predicted molar refractivity (Wildman–Crippen MR) is 68.3 cm³/mol. The summed E-state index contributed by atoms with van der Waals surface area (Å²) in [5, 5.41) is 2.40. The first kappa shape index (κ1) is 9.60. The van der Waals surface area contributed by atoms with Gasteiger partial charge in [0.25, 0.3) is 0 Å². The molecule has 0 saturated carbocycles. The van der Waals surface area contributed by atoms with E-state index in [4.69, 9.17) is 4.74 Å². The van der Waals surface area contributed by atoms with Crippen LogP contribution in [0, 0.1) is 0 Å². The second-order valence-corrected chi connectivity index (χ2v) is 4.41. The van der Waals surface area contributed by atoms with Crippen molar-refractivity contribution in [2.24, 2.45) is 0 Å². The minimum atomic E-state index is 0.680. The summed E-state index contributed by atoms with van der Waals surface area (Å²) in [4.78, 5) is 4.35. The van der Waals surface area contributed by atoms with Gasteiger partial charge in [-0.3, -0.25) is 0 Å². The molecule has 0 saturated heterocycles. The molecule has 0 aliphatic heterocycles. The molecule has 0 amide bonds. The summed E-state index contributed by atoms with van der Waals surface area (Å²) in [5.41, 5.74) is 2.90. The molecule has 16 heavy (non-hydrogen) atoms. The van der Waals surface area contributed by atoms with Gasteiger partial charge in [0.15, 0.2) is 0 Å². The zero-order valence-electron chi connectivity index (χ0n) is 8.93. The van der Waals surface area contributed by atoms with Crippen molar-refractivity contribution in [3.63, 3.8) is 0 Å². The highest BCUT2D eigenvalue weighted by Crippen LogP contribution is 2.34. The second kappa shape index (κ2) is 3.76. The smallest absolute Gasteiger partial charge is 0.129 e. The van der Waals surface area contributed by atoms with Crippen molar-refractivity contribution in [1.29, 1.82) is 0 Å². The number of nitrogens with zero attached hydrogens (tertiary/aromatic N) is 1. The molecule has 0 aliphatic rings. The molecule has 3 heteroatoms. The van der Waals surface area contributed by atoms with E-state index in [2.05, 4.69) is 23.2 Å². The Balaban J connectivity index is 2.45. The lowest BCUT2D eigenvalue weighted by Gasteiger charge is -2.07. The third kappa shape index (κ3) is 1.36. The number of benzene rings is 2. The van der Waals surface area contributed by atoms with Gasteiger partial charge in [-0.2, -0.15) is 0 Å². The first-order valence-corrected chi connectivity index (χ1v) is 6.16. The van der Waals surface area contributed by atoms with Crippen molar-refractivity contribution in [2.75, 3.05) is 6.61 Å². The number of thiazole rings is 1. The molecule has 3 rings (SSSR count). The van der Waals surface area contributed by atoms with Crippen LogP contribution in [0.4, 0.5) is 0 Å². The van der Waals surface area contributed by atoms with Crippen LogP contribution in [0.1, 0.15) is 6.92 Å². The Morgan fingerprint density at radius 2 is 2.06 bits per heavy atom. The van der Waals surface area contributed by atoms with Gasteiger partial charge in [0.1, 0.15) is 5.75 Å². The number of rotatable bonds is 2. The summed E-state index contributed by atoms with van der Waals surface area (Å²) in [5.74, 6) is 0.927. The Morgan fingerprint density at radius 3 is 2.88 bits per heavy atom. The standard InChI is InChI=1S/C13H11NOS/c1-2-15-12-7-11-13(16-8-14-11)10-6-4-3-5-9(10)12/h3-8H,2H2,1H3. The highest BCUT2D eigenvalue weighted by atomic mass is 32.1. The number of fused-ring (bicyclic) bond motifs is 3. The lowest BCUT2D eigenvalue weighted by atomic mass is 10.1. The molecule has 80 valence electrons. The highest BCUT2D eigenvalue weighted by molar-refractivity contribution is 7.17. The monoisotopic (exact) mass is 229 g/mol. The SMILES string of the molecule is CCOc1cc2ncsc2c2ccccc12. The zero-order valence-corrected chi connectivity index (χ0v) is 9.75. The van der Waals surface area contributed by atoms with Gasteiger partial charge in [-0.1, -0.05) is 24.3 Å². The summed E-state index contributed by atoms with van der Waals surface area (Å²) in [6.45, 7) is 2.68. The number of ether oxygens (including phenoxy) is 1. The van der Waals surface area contributed by atoms with Crippen LogP contribution in [0.2, 0.25) is 0 Å². The van der Waals surface area contributed by atoms with Crippen LogP contribution in [0.25, 0.3) is 21.0 Å². The van der Waals surface area contributed by atoms with Gasteiger partial charge in [-0.25, -0.2) is 4.98 Å². The summed E-state index contributed by atoms with van der Waals surface area (Å²) in [6.07, 6.45) is 0. The van der Waals surface area contributed by atoms with E-state index in [0.717, 1.165) is 11.3 Å². The van der Waals surface area contributed by atoms with E-state index in [1.807, 2.05) is 24.6 Å². The lowest BCUT2D eigenvalue weighted by molar-refractivity contribution is 0.344. The lowest BCUT2D eigenvalue weighted by Crippen LogP contribution is -1.92. The molecule has 1 heterocycles. The Labute approximate surface area is 97.5 Å². The fraction of sp³-hybridized carbons (Fsp3) is 0.154. The van der Waals surface area contributed by atoms with Crippen molar-refractivity contribution in [3.05, 3.63) is 35.8 Å². The van der Waals surface area contributed by atoms with Crippen LogP contribution in [0.5, 0.6) is 5.75 Å². The van der Waals surface area contributed by atoms with Gasteiger partial charge in [0.05, 0.1) is 22.3 Å². The molecule has 2 aromatic carbocycles. The summed E-state index contributed by atoms with van der Waals surface area (Å²) in [7, 11) is 0. The van der Waals surface area contributed by atoms with Gasteiger partial charge < -0.3 is 4.74 Å². The molecule has 3 aromatic rings. The molecular formula is C13H11NOS. The topological polar surface area (TPSA) is 22.1 Å². The molecular weight excluding hydrogens is 218 g/mol. The Bertz CT molecular complexity index is 645. The van der Waals surface area contributed by atoms with E-state index in [1.165, 1.54) is 15.5 Å². The molecule has 1 aromatic heterocycles. The highest BCUT2D eigenvalue weighted by Gasteiger charge is 2.08. The quantitative estimate of drug-likeness (QED) is 0.666. The van der Waals surface area contributed by atoms with E-state index in [0.29, 0.717) is 6.61 Å². The molecule has 0 N–H and O–H groups in total. The third-order valence-electron chi connectivity index (χ3n) is 2.60. The van der Waals surface area contributed by atoms with E-state index in [1.54, 1.807) is 11.3 Å². The fourth-order valence-electron chi connectivity index (χ4n) is 1.93. The normalized spacial score (nSPS) is 11.1. The molecule has 2 nitrogen and oxygen atoms in total. The average molecular weight is 229 g/mol. The van der Waals surface area contributed by atoms with E-state index < -0.39 is 0 Å². The van der Waals surface area contributed by atoms with Crippen molar-refractivity contribution >= 4 is 32.3 Å². The van der Waals surface area contributed by atoms with Gasteiger partial charge >= 0.3 is 0 Å². The Hall–Kier alpha value is -1.61. The first-order valence-electron chi connectivity index (χ1n) is 5.28. The van der Waals surface area contributed by atoms with E-state index in [-0.39, 0.29) is 0 Å². The van der Waals surface area contributed by atoms with Crippen LogP contribution in [-0.4, -0.2) is 11.6 Å². The van der Waals surface area contributed by atoms with E-state index in [9.17, 15) is 0 Å². The van der Waals surface area contributed by atoms with Crippen molar-refractivity contribution in [3.8, 4) is 5.75 Å². The van der Waals surface area contributed by atoms with Crippen molar-refractivity contribution in [1.82, 2.24) is 4.98 Å². The second-order valence-electron chi connectivity index (χ2n) is 3.55. The largest absolute Gasteiger partial charge is 0.493 e. The summed E-state index contributed by atoms with van der Waals surface area (Å²) in [6, 6.07) is 10.3. The molecule has 0 radical (unpaired) electrons. The number of hydrogen-bond donors (Lipinski definition) is 0. The molecule has 0 fully saturated rings. The fourth-order valence-corrected chi connectivity index (χ4v) is 2.74. The van der Waals surface area contributed by atoms with Crippen molar-refractivity contribution in [2.45, 2.75) is 6.92 Å². The minimum Gasteiger partial charge on any atom is -0.493 e. The molecule has 0 bridgehead atoms. The Kier molecular flexibility index (Phi) is 2.26. The van der Waals surface area contributed by atoms with Gasteiger partial charge in [-0.15, -0.1) is 11.3 Å². The molecule has 0 unspecified atom stereocenters. The van der Waals surface area contributed by atoms with Gasteiger partial charge in [-0.05, 0) is 6.92 Å². The van der Waals surface area contributed by atoms with Crippen LogP contribution < -0.4 is 4.74 Å². The first-order chi connectivity index (χ1) is 7.90. The van der Waals surface area contributed by atoms with E-state index >= 15 is 0 Å². The molecule has 0 aliphatic carbocycles. The zero-order chi connectivity index (χ0) is 11.0. The third-order valence-corrected chi connectivity index (χ3v) is 3.48. The maximum atomic E-state index is 5.66. The van der Waals surface area contributed by atoms with Gasteiger partial charge in [0.2, 0.25) is 0 Å². The maximum Gasteiger partial charge on any atom is 0.129 e. The summed E-state index contributed by atoms with van der Waals surface area (Å²) < 4.78 is 6.90. The van der Waals surface area contributed by atoms with Crippen LogP contribution in [-0.2, 0) is 0 Å². The van der Waals surface area contributed by atoms with Gasteiger partial charge in [0, 0.05) is 16.8 Å². The Morgan fingerprint density at radius 1 is 1.25 bits per heavy atom. The molecule has 0 spiro atoms. The summed E-state index contributed by atoms with van der Waals surface area (Å²) >= 11 is 1.68.